The molecule has 7 nitrogen and oxygen atoms in total. The Balaban J connectivity index is 2.17. The van der Waals surface area contributed by atoms with Gasteiger partial charge in [-0.25, -0.2) is 5.48 Å². The molecule has 1 rings (SSSR count). The third-order valence-electron chi connectivity index (χ3n) is 4.78. The number of hydrogen-bond donors (Lipinski definition) is 3. The fourth-order valence-electron chi connectivity index (χ4n) is 3.02. The molecule has 7 heteroatoms. The van der Waals surface area contributed by atoms with Crippen molar-refractivity contribution in [2.45, 2.75) is 84.0 Å². The molecule has 0 aromatic heterocycles. The van der Waals surface area contributed by atoms with E-state index in [4.69, 9.17) is 9.94 Å². The Labute approximate surface area is 179 Å². The number of amides is 2. The summed E-state index contributed by atoms with van der Waals surface area (Å²) in [6, 6.07) is 7.23. The van der Waals surface area contributed by atoms with E-state index in [0.29, 0.717) is 31.6 Å². The fraction of sp³-hybridized carbons (Fsp3) is 0.609. The van der Waals surface area contributed by atoms with Crippen LogP contribution in [0.25, 0.3) is 0 Å². The summed E-state index contributed by atoms with van der Waals surface area (Å²) >= 11 is 0. The highest BCUT2D eigenvalue weighted by molar-refractivity contribution is 5.90. The topological polar surface area (TPSA) is 105 Å². The molecule has 0 fully saturated rings. The standard InChI is InChI=1S/C23H36N2O5/c1-2-3-4-7-10-17-30-23(28)18-19-13-15-20(16-14-19)24-21(26)11-8-5-6-9-12-22(27)25-29/h13-16,29H,2-12,17-18H2,1H3,(H,24,26)(H,25,27). The smallest absolute Gasteiger partial charge is 0.310 e. The molecule has 0 bridgehead atoms. The fourth-order valence-corrected chi connectivity index (χ4v) is 3.02. The summed E-state index contributed by atoms with van der Waals surface area (Å²) < 4.78 is 5.27. The summed E-state index contributed by atoms with van der Waals surface area (Å²) in [5.74, 6) is -0.663. The second kappa shape index (κ2) is 16.4. The minimum absolute atomic E-state index is 0.0571. The lowest BCUT2D eigenvalue weighted by molar-refractivity contribution is -0.143. The number of carbonyl (C=O) groups excluding carboxylic acids is 3. The minimum atomic E-state index is -0.383. The molecule has 3 N–H and O–H groups in total. The number of nitrogens with one attached hydrogen (secondary N) is 2. The molecule has 0 spiro atoms. The average molecular weight is 421 g/mol. The zero-order chi connectivity index (χ0) is 22.0. The van der Waals surface area contributed by atoms with Crippen LogP contribution in [0, 0.1) is 0 Å². The first-order valence-corrected chi connectivity index (χ1v) is 11.0. The molecule has 1 aromatic carbocycles. The van der Waals surface area contributed by atoms with Crippen molar-refractivity contribution in [2.75, 3.05) is 11.9 Å². The highest BCUT2D eigenvalue weighted by Gasteiger charge is 2.07. The maximum absolute atomic E-state index is 12.0. The number of anilines is 1. The van der Waals surface area contributed by atoms with Crippen molar-refractivity contribution in [3.63, 3.8) is 0 Å². The van der Waals surface area contributed by atoms with Crippen LogP contribution in [0.5, 0.6) is 0 Å². The second-order valence-corrected chi connectivity index (χ2v) is 7.51. The van der Waals surface area contributed by atoms with Gasteiger partial charge in [-0.1, -0.05) is 57.6 Å². The highest BCUT2D eigenvalue weighted by Crippen LogP contribution is 2.13. The van der Waals surface area contributed by atoms with E-state index in [1.165, 1.54) is 19.3 Å². The van der Waals surface area contributed by atoms with Crippen LogP contribution in [-0.4, -0.2) is 29.6 Å². The van der Waals surface area contributed by atoms with E-state index in [1.54, 1.807) is 17.6 Å². The Bertz CT molecular complexity index is 631. The predicted octanol–water partition coefficient (Wildman–Crippen LogP) is 4.53. The molecule has 1 aromatic rings. The molecule has 30 heavy (non-hydrogen) atoms. The van der Waals surface area contributed by atoms with Gasteiger partial charge < -0.3 is 10.1 Å². The van der Waals surface area contributed by atoms with Gasteiger partial charge in [0.2, 0.25) is 11.8 Å². The van der Waals surface area contributed by atoms with E-state index >= 15 is 0 Å². The molecule has 0 aliphatic heterocycles. The number of rotatable bonds is 16. The lowest BCUT2D eigenvalue weighted by atomic mass is 10.1. The number of ether oxygens (including phenoxy) is 1. The van der Waals surface area contributed by atoms with Crippen molar-refractivity contribution in [1.82, 2.24) is 5.48 Å². The number of carbonyl (C=O) groups is 3. The zero-order valence-electron chi connectivity index (χ0n) is 18.1. The molecule has 0 aliphatic carbocycles. The summed E-state index contributed by atoms with van der Waals surface area (Å²) in [7, 11) is 0. The molecule has 0 atom stereocenters. The largest absolute Gasteiger partial charge is 0.465 e. The Morgan fingerprint density at radius 3 is 2.07 bits per heavy atom. The zero-order valence-corrected chi connectivity index (χ0v) is 18.1. The first-order valence-electron chi connectivity index (χ1n) is 11.0. The van der Waals surface area contributed by atoms with Crippen molar-refractivity contribution < 1.29 is 24.3 Å². The van der Waals surface area contributed by atoms with Gasteiger partial charge in [0, 0.05) is 18.5 Å². The first-order chi connectivity index (χ1) is 14.5. The average Bonchev–Trinajstić information content (AvgIpc) is 2.74. The van der Waals surface area contributed by atoms with Gasteiger partial charge in [0.25, 0.3) is 0 Å². The number of hydroxylamine groups is 1. The van der Waals surface area contributed by atoms with Gasteiger partial charge in [0.05, 0.1) is 13.0 Å². The van der Waals surface area contributed by atoms with Gasteiger partial charge in [0.15, 0.2) is 0 Å². The normalized spacial score (nSPS) is 10.5. The van der Waals surface area contributed by atoms with Crippen LogP contribution in [0.1, 0.15) is 83.1 Å². The van der Waals surface area contributed by atoms with Gasteiger partial charge in [0.1, 0.15) is 0 Å². The second-order valence-electron chi connectivity index (χ2n) is 7.51. The number of hydrogen-bond acceptors (Lipinski definition) is 5. The molecule has 0 heterocycles. The van der Waals surface area contributed by atoms with Crippen molar-refractivity contribution in [3.05, 3.63) is 29.8 Å². The quantitative estimate of drug-likeness (QED) is 0.158. The molecule has 0 aliphatic rings. The summed E-state index contributed by atoms with van der Waals surface area (Å²) in [6.07, 6.45) is 9.68. The summed E-state index contributed by atoms with van der Waals surface area (Å²) in [5, 5.41) is 11.2. The van der Waals surface area contributed by atoms with E-state index in [1.807, 2.05) is 12.1 Å². The van der Waals surface area contributed by atoms with E-state index in [2.05, 4.69) is 12.2 Å². The summed E-state index contributed by atoms with van der Waals surface area (Å²) in [6.45, 7) is 2.65. The number of esters is 1. The summed E-state index contributed by atoms with van der Waals surface area (Å²) in [5.41, 5.74) is 3.16. The molecular formula is C23H36N2O5. The van der Waals surface area contributed by atoms with E-state index in [-0.39, 0.29) is 24.2 Å². The van der Waals surface area contributed by atoms with Crippen LogP contribution in [0.2, 0.25) is 0 Å². The molecule has 0 saturated heterocycles. The van der Waals surface area contributed by atoms with E-state index in [9.17, 15) is 14.4 Å². The Hall–Kier alpha value is -2.41. The van der Waals surface area contributed by atoms with Gasteiger partial charge >= 0.3 is 5.97 Å². The van der Waals surface area contributed by atoms with Gasteiger partial charge in [-0.3, -0.25) is 19.6 Å². The highest BCUT2D eigenvalue weighted by atomic mass is 16.5. The van der Waals surface area contributed by atoms with Crippen molar-refractivity contribution in [3.8, 4) is 0 Å². The summed E-state index contributed by atoms with van der Waals surface area (Å²) in [4.78, 5) is 34.8. The van der Waals surface area contributed by atoms with Crippen LogP contribution >= 0.6 is 0 Å². The molecule has 168 valence electrons. The molecule has 0 radical (unpaired) electrons. The van der Waals surface area contributed by atoms with Crippen LogP contribution in [0.3, 0.4) is 0 Å². The Kier molecular flexibility index (Phi) is 14.0. The van der Waals surface area contributed by atoms with Crippen LogP contribution in [0.15, 0.2) is 24.3 Å². The van der Waals surface area contributed by atoms with Gasteiger partial charge in [-0.2, -0.15) is 0 Å². The Morgan fingerprint density at radius 2 is 1.43 bits per heavy atom. The third kappa shape index (κ3) is 12.9. The lowest BCUT2D eigenvalue weighted by Gasteiger charge is -2.07. The molecule has 0 saturated carbocycles. The molecule has 0 unspecified atom stereocenters. The van der Waals surface area contributed by atoms with Crippen LogP contribution < -0.4 is 10.8 Å². The maximum atomic E-state index is 12.0. The van der Waals surface area contributed by atoms with Gasteiger partial charge in [-0.15, -0.1) is 0 Å². The number of unbranched alkanes of at least 4 members (excludes halogenated alkanes) is 7. The van der Waals surface area contributed by atoms with Crippen LogP contribution in [0.4, 0.5) is 5.69 Å². The Morgan fingerprint density at radius 1 is 0.833 bits per heavy atom. The third-order valence-corrected chi connectivity index (χ3v) is 4.78. The van der Waals surface area contributed by atoms with Crippen LogP contribution in [-0.2, 0) is 25.5 Å². The van der Waals surface area contributed by atoms with Gasteiger partial charge in [-0.05, 0) is 37.0 Å². The lowest BCUT2D eigenvalue weighted by Crippen LogP contribution is -2.17. The number of benzene rings is 1. The maximum Gasteiger partial charge on any atom is 0.310 e. The minimum Gasteiger partial charge on any atom is -0.465 e. The van der Waals surface area contributed by atoms with E-state index < -0.39 is 0 Å². The predicted molar refractivity (Wildman–Crippen MR) is 116 cm³/mol. The van der Waals surface area contributed by atoms with Crippen molar-refractivity contribution >= 4 is 23.5 Å². The van der Waals surface area contributed by atoms with E-state index in [0.717, 1.165) is 37.7 Å². The molecular weight excluding hydrogens is 384 g/mol. The first kappa shape index (κ1) is 25.6. The van der Waals surface area contributed by atoms with Crippen molar-refractivity contribution in [1.29, 1.82) is 0 Å². The van der Waals surface area contributed by atoms with Crippen molar-refractivity contribution in [2.24, 2.45) is 0 Å². The SMILES string of the molecule is CCCCCCCOC(=O)Cc1ccc(NC(=O)CCCCCCC(=O)NO)cc1. The molecule has 2 amide bonds. The monoisotopic (exact) mass is 420 g/mol.